The fourth-order valence-electron chi connectivity index (χ4n) is 17.4. The van der Waals surface area contributed by atoms with Crippen molar-refractivity contribution in [1.29, 1.82) is 0 Å². The van der Waals surface area contributed by atoms with Crippen LogP contribution in [0.25, 0.3) is 161 Å². The van der Waals surface area contributed by atoms with Gasteiger partial charge in [-0.05, 0) is 161 Å². The number of aromatic amines is 5. The maximum atomic E-state index is 12.9. The number of nitrogens with one attached hydrogen (secondary N) is 10. The number of hydrogen-bond donors (Lipinski definition) is 11. The van der Waals surface area contributed by atoms with Crippen LogP contribution in [-0.4, -0.2) is 172 Å². The molecule has 12 N–H and O–H groups in total. The molecule has 9 aromatic heterocycles. The number of rotatable bonds is 23. The Hall–Kier alpha value is -17.1. The van der Waals surface area contributed by atoms with Gasteiger partial charge in [0.15, 0.2) is 0 Å². The molecule has 143 heavy (non-hydrogen) atoms. The van der Waals surface area contributed by atoms with Gasteiger partial charge in [0.05, 0.1) is 142 Å². The molecule has 0 bridgehead atoms. The second-order valence-corrected chi connectivity index (χ2v) is 37.6. The van der Waals surface area contributed by atoms with Crippen LogP contribution in [0.4, 0.5) is 0 Å². The summed E-state index contributed by atoms with van der Waals surface area (Å²) >= 11 is 5.02. The molecule has 2 saturated heterocycles. The second-order valence-electron chi connectivity index (χ2n) is 34.4. The molecule has 3 atom stereocenters. The van der Waals surface area contributed by atoms with E-state index in [0.29, 0.717) is 94.5 Å². The zero-order valence-corrected chi connectivity index (χ0v) is 80.5. The Labute approximate surface area is 827 Å². The van der Waals surface area contributed by atoms with Crippen molar-refractivity contribution in [3.8, 4) is 83.0 Å². The monoisotopic (exact) mass is 1960 g/mol. The number of ether oxygens (including phenoxy) is 7. The van der Waals surface area contributed by atoms with Gasteiger partial charge in [0.2, 0.25) is 5.91 Å². The fraction of sp³-hybridized carbons (Fsp3) is 0.174. The number of thiophene rings is 3. The van der Waals surface area contributed by atoms with Crippen molar-refractivity contribution >= 4 is 182 Å². The highest BCUT2D eigenvalue weighted by atomic mass is 32.1. The van der Waals surface area contributed by atoms with Crippen LogP contribution in [0, 0.1) is 0 Å². The quantitative estimate of drug-likeness (QED) is 0.0265. The van der Waals surface area contributed by atoms with E-state index >= 15 is 0 Å². The average molecular weight is 1960 g/mol. The minimum absolute atomic E-state index is 0.0882. The lowest BCUT2D eigenvalue weighted by molar-refractivity contribution is -0.139. The SMILES string of the molecule is COc1cc2[nH]nc(-c3cc4ccccc4s3)c2cc1C(=O)NC1CC1.COc1cc2[nH]nc(-c3cc4ccccc4s3)c2cc1C(=O)NCc1ccco1.COc1cc2[nH]nc(-c3cc4ccccc4s3)c2cc1C(=O)N[C@@H]1CCOC1=O.COc1cc2[nH]nc(-c3ccc4ccccc4c3)c2cc1C(=O)NCC1CCCO1.COc1cc2[nH]nc(-c3ccc4ccccc4c3)c2cc1C(=O)N[C@@H](C)C(N)=O. The Balaban J connectivity index is 0.000000109. The van der Waals surface area contributed by atoms with Gasteiger partial charge in [-0.2, -0.15) is 25.5 Å². The van der Waals surface area contributed by atoms with Gasteiger partial charge in [-0.3, -0.25) is 54.3 Å². The van der Waals surface area contributed by atoms with Gasteiger partial charge in [-0.15, -0.1) is 34.0 Å². The van der Waals surface area contributed by atoms with E-state index in [-0.39, 0.29) is 29.7 Å². The van der Waals surface area contributed by atoms with Crippen molar-refractivity contribution in [2.24, 2.45) is 5.73 Å². The summed E-state index contributed by atoms with van der Waals surface area (Å²) in [6.45, 7) is 3.42. The Morgan fingerprint density at radius 2 is 0.776 bits per heavy atom. The van der Waals surface area contributed by atoms with Crippen molar-refractivity contribution in [3.63, 3.8) is 0 Å². The molecule has 0 spiro atoms. The summed E-state index contributed by atoms with van der Waals surface area (Å²) in [5.41, 5.74) is 17.3. The van der Waals surface area contributed by atoms with Crippen LogP contribution in [0.2, 0.25) is 0 Å². The second kappa shape index (κ2) is 41.1. The van der Waals surface area contributed by atoms with Crippen LogP contribution in [0.1, 0.15) is 96.6 Å². The molecular weight excluding hydrogens is 1870 g/mol. The molecule has 11 heterocycles. The molecule has 6 amide bonds. The number of benzene rings is 12. The highest BCUT2D eigenvalue weighted by Gasteiger charge is 2.32. The van der Waals surface area contributed by atoms with Gasteiger partial charge < -0.3 is 69.9 Å². The normalized spacial score (nSPS) is 14.0. The minimum atomic E-state index is -0.799. The first-order valence-electron chi connectivity index (χ1n) is 46.1. The Morgan fingerprint density at radius 1 is 0.399 bits per heavy atom. The number of fused-ring (bicyclic) bond motifs is 10. The number of carbonyl (C=O) groups excluding carboxylic acids is 7. The Morgan fingerprint density at radius 3 is 1.15 bits per heavy atom. The zero-order valence-electron chi connectivity index (χ0n) is 78.1. The summed E-state index contributed by atoms with van der Waals surface area (Å²) in [5, 5.41) is 64.3. The molecule has 34 heteroatoms. The van der Waals surface area contributed by atoms with Crippen LogP contribution < -0.4 is 56.0 Å². The lowest BCUT2D eigenvalue weighted by atomic mass is 10.0. The molecule has 1 saturated carbocycles. The van der Waals surface area contributed by atoms with Crippen molar-refractivity contribution in [1.82, 2.24) is 77.6 Å². The number of H-pyrrole nitrogens is 5. The van der Waals surface area contributed by atoms with E-state index in [9.17, 15) is 33.6 Å². The zero-order chi connectivity index (χ0) is 98.5. The molecule has 24 rings (SSSR count). The number of esters is 1. The van der Waals surface area contributed by atoms with Crippen molar-refractivity contribution in [2.75, 3.05) is 55.3 Å². The van der Waals surface area contributed by atoms with Gasteiger partial charge in [-0.1, -0.05) is 127 Å². The molecule has 12 aromatic carbocycles. The van der Waals surface area contributed by atoms with E-state index in [1.165, 1.54) is 51.4 Å². The van der Waals surface area contributed by atoms with E-state index in [2.05, 4.69) is 175 Å². The largest absolute Gasteiger partial charge is 0.496 e. The maximum absolute atomic E-state index is 12.9. The van der Waals surface area contributed by atoms with Crippen molar-refractivity contribution < 1.29 is 71.1 Å². The van der Waals surface area contributed by atoms with Gasteiger partial charge in [0.1, 0.15) is 63.7 Å². The third-order valence-corrected chi connectivity index (χ3v) is 28.5. The van der Waals surface area contributed by atoms with Crippen molar-refractivity contribution in [2.45, 2.75) is 69.8 Å². The van der Waals surface area contributed by atoms with E-state index in [1.807, 2.05) is 115 Å². The maximum Gasteiger partial charge on any atom is 0.328 e. The molecule has 2 aliphatic heterocycles. The molecule has 3 fully saturated rings. The van der Waals surface area contributed by atoms with Gasteiger partial charge in [0, 0.05) is 108 Å². The molecule has 0 radical (unpaired) electrons. The number of methoxy groups -OCH3 is 5. The fourth-order valence-corrected chi connectivity index (χ4v) is 20.6. The van der Waals surface area contributed by atoms with E-state index in [1.54, 1.807) is 98.0 Å². The number of hydrogen-bond acceptors (Lipinski definition) is 23. The standard InChI is InChI=1S/C24H23N3O3.C22H20N4O3.C22H17N3O3S.C21H17N3O4S.C20H17N3O2S/c1-29-22-13-21-19(12-20(22)24(28)25-14-18-7-4-10-30-18)23(27-26-21)17-9-8-15-5-2-3-6-16(15)11-17;1-12(21(23)27)24-22(28)17-10-16-18(11-19(17)29-2)25-26-20(16)15-8-7-13-5-3-4-6-14(13)9-15;1-27-18-11-17-15(10-16(18)22(26)23-12-14-6-4-8-28-14)21(25-24-17)20-9-13-5-2-3-7-19(13)29-20;1-27-16-10-15-12(9-13(16)20(25)22-14-6-7-28-21(14)26)19(24-23-15)18-8-11-4-2-3-5-17(11)29-18;1-25-16-10-15-13(9-14(16)20(24)21-12-6-7-12)19(23-22-15)18-8-11-4-2-3-5-17(11)26-18/h2-3,5-6,8-9,11-13,18H,4,7,10,14H2,1H3,(H,25,28)(H,26,27);3-12H,1-2H3,(H2,23,27)(H,24,28)(H,25,26);2-11H,12H2,1H3,(H,23,26)(H,24,25);2-5,8-10,14H,6-7H2,1H3,(H,22,25)(H,23,24);2-5,8-10,12H,6-7H2,1H3,(H,21,24)(H,22,23)/t;12-;;14-;/m.0.1./s1. The predicted octanol–water partition coefficient (Wildman–Crippen LogP) is 20.1. The van der Waals surface area contributed by atoms with Crippen molar-refractivity contribution in [3.05, 3.63) is 289 Å². The summed E-state index contributed by atoms with van der Waals surface area (Å²) in [4.78, 5) is 90.0. The van der Waals surface area contributed by atoms with E-state index < -0.39 is 29.9 Å². The van der Waals surface area contributed by atoms with Crippen LogP contribution >= 0.6 is 34.0 Å². The number of primary amides is 1. The molecule has 1 aliphatic carbocycles. The summed E-state index contributed by atoms with van der Waals surface area (Å²) in [5.74, 6) is 0.696. The first kappa shape index (κ1) is 93.6. The number of furan rings is 1. The Bertz CT molecular complexity index is 8350. The first-order valence-corrected chi connectivity index (χ1v) is 48.6. The van der Waals surface area contributed by atoms with E-state index in [0.717, 1.165) is 163 Å². The van der Waals surface area contributed by atoms with Gasteiger partial charge >= 0.3 is 5.97 Å². The molecule has 1 unspecified atom stereocenters. The molecule has 31 nitrogen and oxygen atoms in total. The third kappa shape index (κ3) is 19.9. The van der Waals surface area contributed by atoms with Crippen LogP contribution in [-0.2, 0) is 25.6 Å². The lowest BCUT2D eigenvalue weighted by Crippen LogP contribution is -2.42. The average Bonchev–Trinajstić information content (AvgIpc) is 1.63. The van der Waals surface area contributed by atoms with Crippen LogP contribution in [0.5, 0.6) is 28.7 Å². The topological polar surface area (TPSA) is 427 Å². The van der Waals surface area contributed by atoms with Crippen LogP contribution in [0.3, 0.4) is 0 Å². The highest BCUT2D eigenvalue weighted by Crippen LogP contribution is 2.44. The first-order chi connectivity index (χ1) is 69.8. The predicted molar refractivity (Wildman–Crippen MR) is 556 cm³/mol. The van der Waals surface area contributed by atoms with Gasteiger partial charge in [0.25, 0.3) is 29.5 Å². The highest BCUT2D eigenvalue weighted by molar-refractivity contribution is 7.23. The molecular formula is C109H94N16O15S3. The summed E-state index contributed by atoms with van der Waals surface area (Å²) < 4.78 is 46.5. The molecule has 21 aromatic rings. The summed E-state index contributed by atoms with van der Waals surface area (Å²) in [6, 6.07) is 80.1. The Kier molecular flexibility index (Phi) is 26.9. The third-order valence-electron chi connectivity index (χ3n) is 25.1. The summed E-state index contributed by atoms with van der Waals surface area (Å²) in [6.07, 6.45) is 6.25. The van der Waals surface area contributed by atoms with Gasteiger partial charge in [-0.25, -0.2) is 4.79 Å². The van der Waals surface area contributed by atoms with Crippen LogP contribution in [0.15, 0.2) is 259 Å². The van der Waals surface area contributed by atoms with E-state index in [4.69, 9.17) is 43.3 Å². The number of carbonyl (C=O) groups is 7. The molecule has 718 valence electrons. The number of amides is 6. The number of nitrogens with zero attached hydrogens (tertiary/aromatic N) is 5. The number of nitrogens with two attached hydrogens (primary N) is 1. The number of aromatic nitrogens is 10. The minimum Gasteiger partial charge on any atom is -0.496 e. The smallest absolute Gasteiger partial charge is 0.328 e. The lowest BCUT2D eigenvalue weighted by Gasteiger charge is -2.13. The number of cyclic esters (lactones) is 1. The molecule has 3 aliphatic rings. The summed E-state index contributed by atoms with van der Waals surface area (Å²) in [7, 11) is 7.69.